The molecule has 0 aliphatic carbocycles. The van der Waals surface area contributed by atoms with Crippen LogP contribution in [0.4, 0.5) is 10.2 Å². The van der Waals surface area contributed by atoms with Gasteiger partial charge in [-0.2, -0.15) is 0 Å². The van der Waals surface area contributed by atoms with Crippen molar-refractivity contribution in [2.75, 3.05) is 24.6 Å². The van der Waals surface area contributed by atoms with E-state index in [0.717, 1.165) is 46.5 Å². The van der Waals surface area contributed by atoms with Gasteiger partial charge in [-0.05, 0) is 49.6 Å². The van der Waals surface area contributed by atoms with Crippen LogP contribution >= 0.6 is 0 Å². The molecule has 1 aliphatic heterocycles. The summed E-state index contributed by atoms with van der Waals surface area (Å²) in [6, 6.07) is 16.5. The summed E-state index contributed by atoms with van der Waals surface area (Å²) in [6.45, 7) is 3.67. The van der Waals surface area contributed by atoms with Gasteiger partial charge in [-0.15, -0.1) is 0 Å². The summed E-state index contributed by atoms with van der Waals surface area (Å²) >= 11 is 0. The van der Waals surface area contributed by atoms with Crippen LogP contribution in [0.1, 0.15) is 19.8 Å². The first-order chi connectivity index (χ1) is 16.2. The van der Waals surface area contributed by atoms with Gasteiger partial charge in [0, 0.05) is 30.5 Å². The van der Waals surface area contributed by atoms with Crippen LogP contribution in [0.15, 0.2) is 67.1 Å². The number of hydrogen-bond acceptors (Lipinski definition) is 5. The zero-order valence-electron chi connectivity index (χ0n) is 18.4. The maximum atomic E-state index is 13.6. The Morgan fingerprint density at radius 1 is 1.06 bits per heavy atom. The normalized spacial score (nSPS) is 14.5. The van der Waals surface area contributed by atoms with Crippen molar-refractivity contribution in [3.05, 3.63) is 72.9 Å². The minimum atomic E-state index is -0.279. The minimum absolute atomic E-state index is 0.0732. The number of carbonyl (C=O) groups excluding carboxylic acids is 1. The molecule has 0 radical (unpaired) electrons. The van der Waals surface area contributed by atoms with E-state index in [1.165, 1.54) is 12.1 Å². The smallest absolute Gasteiger partial charge is 0.309 e. The van der Waals surface area contributed by atoms with Crippen LogP contribution in [0, 0.1) is 11.7 Å². The number of halogens is 1. The van der Waals surface area contributed by atoms with Crippen molar-refractivity contribution in [3.63, 3.8) is 0 Å². The first-order valence-corrected chi connectivity index (χ1v) is 11.2. The highest BCUT2D eigenvalue weighted by Gasteiger charge is 2.28. The van der Waals surface area contributed by atoms with Crippen LogP contribution in [0.5, 0.6) is 0 Å². The molecule has 1 saturated heterocycles. The topological polar surface area (TPSA) is 60.2 Å². The molecule has 168 valence electrons. The Bertz CT molecular complexity index is 1260. The van der Waals surface area contributed by atoms with Crippen molar-refractivity contribution in [2.24, 2.45) is 5.92 Å². The molecular formula is C26H25FN4O2. The van der Waals surface area contributed by atoms with Gasteiger partial charge in [0.2, 0.25) is 0 Å². The monoisotopic (exact) mass is 444 g/mol. The van der Waals surface area contributed by atoms with Crippen LogP contribution in [-0.4, -0.2) is 40.2 Å². The van der Waals surface area contributed by atoms with E-state index in [1.807, 2.05) is 35.9 Å². The number of hydrogen-bond donors (Lipinski definition) is 0. The Hall–Kier alpha value is -3.74. The predicted molar refractivity (Wildman–Crippen MR) is 126 cm³/mol. The van der Waals surface area contributed by atoms with Crippen molar-refractivity contribution in [1.29, 1.82) is 0 Å². The second-order valence-corrected chi connectivity index (χ2v) is 8.16. The number of nitrogens with zero attached hydrogens (tertiary/aromatic N) is 4. The number of benzene rings is 2. The highest BCUT2D eigenvalue weighted by molar-refractivity contribution is 6.02. The van der Waals surface area contributed by atoms with Gasteiger partial charge >= 0.3 is 5.97 Å². The molecule has 0 N–H and O–H groups in total. The third-order valence-corrected chi connectivity index (χ3v) is 6.17. The molecule has 0 spiro atoms. The summed E-state index contributed by atoms with van der Waals surface area (Å²) < 4.78 is 20.8. The molecule has 0 saturated carbocycles. The van der Waals surface area contributed by atoms with Gasteiger partial charge in [0.05, 0.1) is 17.9 Å². The molecule has 2 aromatic carbocycles. The Balaban J connectivity index is 1.59. The molecule has 6 nitrogen and oxygen atoms in total. The number of anilines is 1. The summed E-state index contributed by atoms with van der Waals surface area (Å²) in [4.78, 5) is 23.7. The SMILES string of the molecule is CCOC(=O)C1CCN(c2ncnc3c2c(-c2ccccc2)cn3-c2ccc(F)cc2)CC1. The van der Waals surface area contributed by atoms with E-state index < -0.39 is 0 Å². The molecule has 1 fully saturated rings. The summed E-state index contributed by atoms with van der Waals surface area (Å²) in [5.41, 5.74) is 3.66. The largest absolute Gasteiger partial charge is 0.466 e. The molecule has 0 atom stereocenters. The van der Waals surface area contributed by atoms with Crippen LogP contribution in [0.25, 0.3) is 27.8 Å². The Morgan fingerprint density at radius 3 is 2.48 bits per heavy atom. The molecule has 4 aromatic rings. The van der Waals surface area contributed by atoms with E-state index in [4.69, 9.17) is 4.74 Å². The lowest BCUT2D eigenvalue weighted by atomic mass is 9.96. The standard InChI is InChI=1S/C26H25FN4O2/c1-2-33-26(32)19-12-14-30(15-13-19)24-23-22(18-6-4-3-5-7-18)16-31(25(23)29-17-28-24)21-10-8-20(27)9-11-21/h3-11,16-17,19H,2,12-15H2,1H3. The van der Waals surface area contributed by atoms with E-state index in [2.05, 4.69) is 27.0 Å². The second-order valence-electron chi connectivity index (χ2n) is 8.16. The van der Waals surface area contributed by atoms with Crippen LogP contribution < -0.4 is 4.90 Å². The molecule has 0 amide bonds. The number of rotatable bonds is 5. The Labute approximate surface area is 191 Å². The van der Waals surface area contributed by atoms with Gasteiger partial charge in [-0.1, -0.05) is 30.3 Å². The first-order valence-electron chi connectivity index (χ1n) is 11.2. The summed E-state index contributed by atoms with van der Waals surface area (Å²) in [6.07, 6.45) is 5.06. The summed E-state index contributed by atoms with van der Waals surface area (Å²) in [5.74, 6) is 0.383. The molecule has 2 aromatic heterocycles. The third-order valence-electron chi connectivity index (χ3n) is 6.17. The molecule has 33 heavy (non-hydrogen) atoms. The van der Waals surface area contributed by atoms with E-state index in [9.17, 15) is 9.18 Å². The van der Waals surface area contributed by atoms with Crippen molar-refractivity contribution < 1.29 is 13.9 Å². The van der Waals surface area contributed by atoms with Gasteiger partial charge in [-0.25, -0.2) is 14.4 Å². The third kappa shape index (κ3) is 4.06. The summed E-state index contributed by atoms with van der Waals surface area (Å²) in [7, 11) is 0. The van der Waals surface area contributed by atoms with Crippen LogP contribution in [0.3, 0.4) is 0 Å². The van der Waals surface area contributed by atoms with Gasteiger partial charge < -0.3 is 14.2 Å². The van der Waals surface area contributed by atoms with E-state index in [1.54, 1.807) is 18.5 Å². The fraction of sp³-hybridized carbons (Fsp3) is 0.269. The van der Waals surface area contributed by atoms with Crippen molar-refractivity contribution in [2.45, 2.75) is 19.8 Å². The fourth-order valence-corrected chi connectivity index (χ4v) is 4.51. The lowest BCUT2D eigenvalue weighted by Crippen LogP contribution is -2.37. The number of ether oxygens (including phenoxy) is 1. The van der Waals surface area contributed by atoms with E-state index >= 15 is 0 Å². The minimum Gasteiger partial charge on any atom is -0.466 e. The lowest BCUT2D eigenvalue weighted by Gasteiger charge is -2.32. The predicted octanol–water partition coefficient (Wildman–Crippen LogP) is 5.01. The van der Waals surface area contributed by atoms with E-state index in [0.29, 0.717) is 19.7 Å². The zero-order valence-corrected chi connectivity index (χ0v) is 18.4. The van der Waals surface area contributed by atoms with Crippen molar-refractivity contribution in [3.8, 4) is 16.8 Å². The molecule has 3 heterocycles. The fourth-order valence-electron chi connectivity index (χ4n) is 4.51. The number of aromatic nitrogens is 3. The number of piperidine rings is 1. The van der Waals surface area contributed by atoms with Crippen LogP contribution in [0.2, 0.25) is 0 Å². The Morgan fingerprint density at radius 2 is 1.79 bits per heavy atom. The number of esters is 1. The molecule has 0 unspecified atom stereocenters. The maximum absolute atomic E-state index is 13.6. The van der Waals surface area contributed by atoms with Crippen molar-refractivity contribution >= 4 is 22.8 Å². The number of carbonyl (C=O) groups is 1. The first kappa shape index (κ1) is 21.1. The van der Waals surface area contributed by atoms with Gasteiger partial charge in [-0.3, -0.25) is 4.79 Å². The Kier molecular flexibility index (Phi) is 5.77. The van der Waals surface area contributed by atoms with Crippen molar-refractivity contribution in [1.82, 2.24) is 14.5 Å². The molecule has 5 rings (SSSR count). The highest BCUT2D eigenvalue weighted by Crippen LogP contribution is 2.37. The molecule has 1 aliphatic rings. The molecular weight excluding hydrogens is 419 g/mol. The van der Waals surface area contributed by atoms with Gasteiger partial charge in [0.15, 0.2) is 5.65 Å². The average Bonchev–Trinajstić information content (AvgIpc) is 3.25. The highest BCUT2D eigenvalue weighted by atomic mass is 19.1. The molecule has 0 bridgehead atoms. The average molecular weight is 445 g/mol. The van der Waals surface area contributed by atoms with E-state index in [-0.39, 0.29) is 17.7 Å². The molecule has 7 heteroatoms. The lowest BCUT2D eigenvalue weighted by molar-refractivity contribution is -0.148. The second kappa shape index (κ2) is 9.02. The van der Waals surface area contributed by atoms with Gasteiger partial charge in [0.25, 0.3) is 0 Å². The zero-order chi connectivity index (χ0) is 22.8. The maximum Gasteiger partial charge on any atom is 0.309 e. The summed E-state index contributed by atoms with van der Waals surface area (Å²) in [5, 5.41) is 0.947. The van der Waals surface area contributed by atoms with Crippen LogP contribution in [-0.2, 0) is 9.53 Å². The quantitative estimate of drug-likeness (QED) is 0.405. The van der Waals surface area contributed by atoms with Gasteiger partial charge in [0.1, 0.15) is 18.0 Å². The number of fused-ring (bicyclic) bond motifs is 1.